The van der Waals surface area contributed by atoms with Crippen LogP contribution in [0.25, 0.3) is 0 Å². The van der Waals surface area contributed by atoms with Crippen LogP contribution in [0.2, 0.25) is 0 Å². The van der Waals surface area contributed by atoms with Gasteiger partial charge in [0.25, 0.3) is 0 Å². The second-order valence-corrected chi connectivity index (χ2v) is 8.81. The molecule has 1 fully saturated rings. The van der Waals surface area contributed by atoms with Crippen LogP contribution in [0.3, 0.4) is 0 Å². The van der Waals surface area contributed by atoms with E-state index in [9.17, 15) is 8.42 Å². The minimum Gasteiger partial charge on any atom is -0.357 e. The Balaban J connectivity index is 2.19. The highest BCUT2D eigenvalue weighted by Crippen LogP contribution is 2.15. The summed E-state index contributed by atoms with van der Waals surface area (Å²) in [6.07, 6.45) is 5.57. The molecule has 0 spiro atoms. The van der Waals surface area contributed by atoms with Gasteiger partial charge in [-0.05, 0) is 58.2 Å². The number of guanidine groups is 1. The molecule has 136 valence electrons. The number of hydrogen-bond acceptors (Lipinski definition) is 4. The Morgan fingerprint density at radius 2 is 1.91 bits per heavy atom. The van der Waals surface area contributed by atoms with E-state index in [1.54, 1.807) is 0 Å². The topological polar surface area (TPSA) is 73.8 Å². The molecule has 0 radical (unpaired) electrons. The van der Waals surface area contributed by atoms with Crippen molar-refractivity contribution in [3.8, 4) is 0 Å². The van der Waals surface area contributed by atoms with E-state index in [2.05, 4.69) is 27.4 Å². The summed E-state index contributed by atoms with van der Waals surface area (Å²) < 4.78 is 22.2. The third-order valence-electron chi connectivity index (χ3n) is 4.11. The number of piperidine rings is 1. The van der Waals surface area contributed by atoms with Crippen LogP contribution in [0.1, 0.15) is 39.5 Å². The SMILES string of the molecule is CCNC(=NCCCS(C)(=O)=O)NCCCN1CCC(C)CC1. The fraction of sp³-hybridized carbons (Fsp3) is 0.938. The molecule has 1 heterocycles. The fourth-order valence-electron chi connectivity index (χ4n) is 2.65. The quantitative estimate of drug-likeness (QED) is 0.371. The lowest BCUT2D eigenvalue weighted by atomic mass is 9.99. The molecule has 1 aliphatic heterocycles. The lowest BCUT2D eigenvalue weighted by molar-refractivity contribution is 0.191. The fourth-order valence-corrected chi connectivity index (χ4v) is 3.31. The number of hydrogen-bond donors (Lipinski definition) is 2. The average molecular weight is 347 g/mol. The van der Waals surface area contributed by atoms with Crippen LogP contribution in [-0.2, 0) is 9.84 Å². The predicted octanol–water partition coefficient (Wildman–Crippen LogP) is 1.10. The number of sulfone groups is 1. The first kappa shape index (κ1) is 20.2. The van der Waals surface area contributed by atoms with Crippen molar-refractivity contribution >= 4 is 15.8 Å². The maximum atomic E-state index is 11.1. The Hall–Kier alpha value is -0.820. The molecule has 0 aromatic heterocycles. The summed E-state index contributed by atoms with van der Waals surface area (Å²) >= 11 is 0. The summed E-state index contributed by atoms with van der Waals surface area (Å²) in [7, 11) is -2.89. The first-order chi connectivity index (χ1) is 10.9. The first-order valence-electron chi connectivity index (χ1n) is 8.83. The molecule has 0 unspecified atom stereocenters. The molecule has 0 amide bonds. The zero-order valence-corrected chi connectivity index (χ0v) is 15.8. The van der Waals surface area contributed by atoms with Crippen LogP contribution in [0.15, 0.2) is 4.99 Å². The zero-order chi connectivity index (χ0) is 17.1. The second-order valence-electron chi connectivity index (χ2n) is 6.55. The highest BCUT2D eigenvalue weighted by atomic mass is 32.2. The molecule has 0 aliphatic carbocycles. The first-order valence-corrected chi connectivity index (χ1v) is 10.9. The van der Waals surface area contributed by atoms with Crippen molar-refractivity contribution in [2.75, 3.05) is 51.3 Å². The summed E-state index contributed by atoms with van der Waals surface area (Å²) in [6.45, 7) is 10.2. The largest absolute Gasteiger partial charge is 0.357 e. The van der Waals surface area contributed by atoms with E-state index in [0.29, 0.717) is 13.0 Å². The lowest BCUT2D eigenvalue weighted by Crippen LogP contribution is -2.39. The Labute approximate surface area is 142 Å². The molecule has 6 nitrogen and oxygen atoms in total. The summed E-state index contributed by atoms with van der Waals surface area (Å²) in [6, 6.07) is 0. The van der Waals surface area contributed by atoms with E-state index in [1.807, 2.05) is 6.92 Å². The average Bonchev–Trinajstić information content (AvgIpc) is 2.48. The molecular weight excluding hydrogens is 312 g/mol. The molecule has 1 rings (SSSR count). The van der Waals surface area contributed by atoms with Crippen molar-refractivity contribution in [3.63, 3.8) is 0 Å². The van der Waals surface area contributed by atoms with Gasteiger partial charge in [0.15, 0.2) is 5.96 Å². The number of likely N-dealkylation sites (tertiary alicyclic amines) is 1. The van der Waals surface area contributed by atoms with Gasteiger partial charge in [-0.2, -0.15) is 0 Å². The van der Waals surface area contributed by atoms with Crippen LogP contribution in [-0.4, -0.2) is 70.6 Å². The van der Waals surface area contributed by atoms with Crippen molar-refractivity contribution in [2.24, 2.45) is 10.9 Å². The summed E-state index contributed by atoms with van der Waals surface area (Å²) in [5.41, 5.74) is 0. The number of nitrogens with zero attached hydrogens (tertiary/aromatic N) is 2. The van der Waals surface area contributed by atoms with E-state index >= 15 is 0 Å². The molecule has 2 N–H and O–H groups in total. The number of nitrogens with one attached hydrogen (secondary N) is 2. The van der Waals surface area contributed by atoms with Crippen molar-refractivity contribution in [3.05, 3.63) is 0 Å². The smallest absolute Gasteiger partial charge is 0.191 e. The third-order valence-corrected chi connectivity index (χ3v) is 5.14. The molecule has 23 heavy (non-hydrogen) atoms. The maximum Gasteiger partial charge on any atom is 0.191 e. The molecule has 7 heteroatoms. The zero-order valence-electron chi connectivity index (χ0n) is 15.0. The van der Waals surface area contributed by atoms with Gasteiger partial charge in [0.1, 0.15) is 9.84 Å². The Bertz CT molecular complexity index is 443. The van der Waals surface area contributed by atoms with Crippen molar-refractivity contribution < 1.29 is 8.42 Å². The van der Waals surface area contributed by atoms with E-state index in [4.69, 9.17) is 0 Å². The summed E-state index contributed by atoms with van der Waals surface area (Å²) in [5.74, 6) is 1.86. The maximum absolute atomic E-state index is 11.1. The molecule has 1 aliphatic rings. The molecule has 0 saturated carbocycles. The predicted molar refractivity (Wildman–Crippen MR) is 97.8 cm³/mol. The molecule has 0 aromatic rings. The Morgan fingerprint density at radius 3 is 2.52 bits per heavy atom. The third kappa shape index (κ3) is 10.5. The van der Waals surface area contributed by atoms with Gasteiger partial charge in [-0.1, -0.05) is 6.92 Å². The number of rotatable bonds is 9. The summed E-state index contributed by atoms with van der Waals surface area (Å²) in [5, 5.41) is 6.53. The normalized spacial score (nSPS) is 18.1. The highest BCUT2D eigenvalue weighted by Gasteiger charge is 2.14. The van der Waals surface area contributed by atoms with Crippen LogP contribution in [0.5, 0.6) is 0 Å². The minimum absolute atomic E-state index is 0.198. The van der Waals surface area contributed by atoms with E-state index in [0.717, 1.165) is 37.9 Å². The minimum atomic E-state index is -2.89. The van der Waals surface area contributed by atoms with Gasteiger partial charge in [0.2, 0.25) is 0 Å². The standard InChI is InChI=1S/C16H34N4O2S/c1-4-17-16(19-10-6-14-23(3,21)22)18-9-5-11-20-12-7-15(2)8-13-20/h15H,4-14H2,1-3H3,(H2,17,18,19). The molecule has 0 aromatic carbocycles. The van der Waals surface area contributed by atoms with Gasteiger partial charge < -0.3 is 15.5 Å². The van der Waals surface area contributed by atoms with E-state index in [1.165, 1.54) is 32.2 Å². The monoisotopic (exact) mass is 346 g/mol. The van der Waals surface area contributed by atoms with Gasteiger partial charge in [0.05, 0.1) is 5.75 Å². The van der Waals surface area contributed by atoms with Crippen LogP contribution >= 0.6 is 0 Å². The van der Waals surface area contributed by atoms with E-state index < -0.39 is 9.84 Å². The number of aliphatic imine (C=N–C) groups is 1. The van der Waals surface area contributed by atoms with Gasteiger partial charge in [-0.3, -0.25) is 4.99 Å². The second kappa shape index (κ2) is 10.9. The van der Waals surface area contributed by atoms with Crippen LogP contribution in [0, 0.1) is 5.92 Å². The van der Waals surface area contributed by atoms with Crippen LogP contribution in [0.4, 0.5) is 0 Å². The van der Waals surface area contributed by atoms with Crippen molar-refractivity contribution in [2.45, 2.75) is 39.5 Å². The van der Waals surface area contributed by atoms with Gasteiger partial charge in [-0.15, -0.1) is 0 Å². The molecule has 0 atom stereocenters. The van der Waals surface area contributed by atoms with Crippen molar-refractivity contribution in [1.82, 2.24) is 15.5 Å². The van der Waals surface area contributed by atoms with Gasteiger partial charge in [0, 0.05) is 25.9 Å². The molecule has 1 saturated heterocycles. The Morgan fingerprint density at radius 1 is 1.22 bits per heavy atom. The van der Waals surface area contributed by atoms with Gasteiger partial charge >= 0.3 is 0 Å². The highest BCUT2D eigenvalue weighted by molar-refractivity contribution is 7.90. The molecule has 0 bridgehead atoms. The summed E-state index contributed by atoms with van der Waals surface area (Å²) in [4.78, 5) is 6.97. The Kier molecular flexibility index (Phi) is 9.55. The lowest BCUT2D eigenvalue weighted by Gasteiger charge is -2.30. The van der Waals surface area contributed by atoms with Gasteiger partial charge in [-0.25, -0.2) is 8.42 Å². The van der Waals surface area contributed by atoms with Crippen LogP contribution < -0.4 is 10.6 Å². The van der Waals surface area contributed by atoms with E-state index in [-0.39, 0.29) is 5.75 Å². The molecular formula is C16H34N4O2S. The van der Waals surface area contributed by atoms with Crippen molar-refractivity contribution in [1.29, 1.82) is 0 Å².